The van der Waals surface area contributed by atoms with Crippen molar-refractivity contribution in [1.29, 1.82) is 0 Å². The summed E-state index contributed by atoms with van der Waals surface area (Å²) in [5.74, 6) is 0.314. The summed E-state index contributed by atoms with van der Waals surface area (Å²) in [6, 6.07) is 18.9. The van der Waals surface area contributed by atoms with Gasteiger partial charge in [-0.05, 0) is 86.2 Å². The van der Waals surface area contributed by atoms with Gasteiger partial charge in [-0.3, -0.25) is 4.79 Å². The number of alkyl halides is 3. The predicted molar refractivity (Wildman–Crippen MR) is 154 cm³/mol. The molecule has 1 N–H and O–H groups in total. The third kappa shape index (κ3) is 6.45. The van der Waals surface area contributed by atoms with Crippen LogP contribution in [0.25, 0.3) is 16.8 Å². The van der Waals surface area contributed by atoms with Crippen molar-refractivity contribution in [1.82, 2.24) is 4.57 Å². The fourth-order valence-electron chi connectivity index (χ4n) is 4.48. The zero-order valence-corrected chi connectivity index (χ0v) is 24.1. The fourth-order valence-corrected chi connectivity index (χ4v) is 5.97. The molecule has 0 saturated heterocycles. The second-order valence-electron chi connectivity index (χ2n) is 9.48. The minimum absolute atomic E-state index is 0.145. The lowest BCUT2D eigenvalue weighted by molar-refractivity contribution is -0.137. The Morgan fingerprint density at radius 1 is 0.975 bits per heavy atom. The van der Waals surface area contributed by atoms with Crippen LogP contribution in [-0.2, 0) is 16.0 Å². The van der Waals surface area contributed by atoms with E-state index < -0.39 is 21.6 Å². The van der Waals surface area contributed by atoms with E-state index in [1.165, 1.54) is 42.1 Å². The van der Waals surface area contributed by atoms with Crippen molar-refractivity contribution in [2.45, 2.75) is 43.2 Å². The summed E-state index contributed by atoms with van der Waals surface area (Å²) in [4.78, 5) is 13.9. The van der Waals surface area contributed by atoms with E-state index in [1.54, 1.807) is 37.3 Å². The third-order valence-electron chi connectivity index (χ3n) is 6.38. The number of carbonyl (C=O) groups is 1. The second-order valence-corrected chi connectivity index (χ2v) is 12.7. The zero-order chi connectivity index (χ0) is 29.2. The van der Waals surface area contributed by atoms with Crippen LogP contribution < -0.4 is 5.32 Å². The standard InChI is InChI=1S/C30H29F3N2O3S2/c1-5-14-39-24-17-21(16-22(18-24)30(31,32)33)26-8-6-7-9-28(26)35-19(2)15-27(20(35)3)29(36)34-23-10-12-25(13-11-23)40(4,37)38/h6-13,15-18H,5,14H2,1-4H3,(H,34,36). The van der Waals surface area contributed by atoms with Crippen LogP contribution in [0, 0.1) is 13.8 Å². The lowest BCUT2D eigenvalue weighted by Gasteiger charge is -2.17. The highest BCUT2D eigenvalue weighted by molar-refractivity contribution is 7.99. The number of halogens is 3. The largest absolute Gasteiger partial charge is 0.416 e. The monoisotopic (exact) mass is 586 g/mol. The number of aryl methyl sites for hydroxylation is 1. The van der Waals surface area contributed by atoms with Gasteiger partial charge in [0.05, 0.1) is 21.7 Å². The maximum Gasteiger partial charge on any atom is 0.416 e. The van der Waals surface area contributed by atoms with Crippen molar-refractivity contribution < 1.29 is 26.4 Å². The number of para-hydroxylation sites is 1. The molecule has 40 heavy (non-hydrogen) atoms. The summed E-state index contributed by atoms with van der Waals surface area (Å²) in [7, 11) is -3.37. The van der Waals surface area contributed by atoms with Crippen molar-refractivity contribution in [3.63, 3.8) is 0 Å². The fraction of sp³-hybridized carbons (Fsp3) is 0.233. The van der Waals surface area contributed by atoms with Crippen LogP contribution in [0.4, 0.5) is 18.9 Å². The van der Waals surface area contributed by atoms with Gasteiger partial charge in [0.2, 0.25) is 0 Å². The van der Waals surface area contributed by atoms with Crippen molar-refractivity contribution in [3.8, 4) is 16.8 Å². The first kappa shape index (κ1) is 29.5. The number of nitrogens with one attached hydrogen (secondary N) is 1. The van der Waals surface area contributed by atoms with Gasteiger partial charge in [0.15, 0.2) is 9.84 Å². The maximum absolute atomic E-state index is 13.8. The molecule has 10 heteroatoms. The van der Waals surface area contributed by atoms with Gasteiger partial charge in [0, 0.05) is 33.8 Å². The number of amides is 1. The predicted octanol–water partition coefficient (Wildman–Crippen LogP) is 7.94. The molecule has 210 valence electrons. The van der Waals surface area contributed by atoms with Gasteiger partial charge in [-0.1, -0.05) is 25.1 Å². The molecule has 0 unspecified atom stereocenters. The average Bonchev–Trinajstić information content (AvgIpc) is 3.20. The number of hydrogen-bond donors (Lipinski definition) is 1. The number of aromatic nitrogens is 1. The molecule has 4 rings (SSSR count). The summed E-state index contributed by atoms with van der Waals surface area (Å²) in [6.07, 6.45) is -2.55. The van der Waals surface area contributed by atoms with Gasteiger partial charge in [-0.15, -0.1) is 11.8 Å². The lowest BCUT2D eigenvalue weighted by atomic mass is 10.0. The topological polar surface area (TPSA) is 68.2 Å². The van der Waals surface area contributed by atoms with Crippen LogP contribution in [-0.4, -0.2) is 30.9 Å². The highest BCUT2D eigenvalue weighted by atomic mass is 32.2. The Bertz CT molecular complexity index is 1660. The minimum atomic E-state index is -4.49. The molecular weight excluding hydrogens is 557 g/mol. The molecule has 0 bridgehead atoms. The number of sulfone groups is 1. The third-order valence-corrected chi connectivity index (χ3v) is 8.69. The van der Waals surface area contributed by atoms with E-state index in [4.69, 9.17) is 0 Å². The van der Waals surface area contributed by atoms with Crippen LogP contribution >= 0.6 is 11.8 Å². The Kier molecular flexibility index (Phi) is 8.51. The molecule has 3 aromatic carbocycles. The van der Waals surface area contributed by atoms with Crippen molar-refractivity contribution in [2.75, 3.05) is 17.3 Å². The Labute approximate surface area is 236 Å². The van der Waals surface area contributed by atoms with E-state index in [0.29, 0.717) is 44.4 Å². The second kappa shape index (κ2) is 11.5. The van der Waals surface area contributed by atoms with Crippen molar-refractivity contribution in [3.05, 3.63) is 95.3 Å². The van der Waals surface area contributed by atoms with Crippen molar-refractivity contribution >= 4 is 33.2 Å². The molecule has 0 aliphatic carbocycles. The normalized spacial score (nSPS) is 12.0. The van der Waals surface area contributed by atoms with Crippen LogP contribution in [0.3, 0.4) is 0 Å². The van der Waals surface area contributed by atoms with E-state index >= 15 is 0 Å². The van der Waals surface area contributed by atoms with E-state index in [0.717, 1.165) is 24.4 Å². The minimum Gasteiger partial charge on any atom is -0.322 e. The van der Waals surface area contributed by atoms with Crippen LogP contribution in [0.2, 0.25) is 0 Å². The van der Waals surface area contributed by atoms with Crippen LogP contribution in [0.5, 0.6) is 0 Å². The summed E-state index contributed by atoms with van der Waals surface area (Å²) in [5.41, 5.74) is 3.16. The van der Waals surface area contributed by atoms with E-state index in [1.807, 2.05) is 24.5 Å². The molecule has 1 aromatic heterocycles. The average molecular weight is 587 g/mol. The Hall–Kier alpha value is -3.50. The van der Waals surface area contributed by atoms with E-state index in [2.05, 4.69) is 5.32 Å². The first-order valence-corrected chi connectivity index (χ1v) is 15.4. The summed E-state index contributed by atoms with van der Waals surface area (Å²) >= 11 is 1.39. The number of anilines is 1. The first-order valence-electron chi connectivity index (χ1n) is 12.5. The zero-order valence-electron chi connectivity index (χ0n) is 22.5. The van der Waals surface area contributed by atoms with Crippen LogP contribution in [0.15, 0.2) is 82.6 Å². The molecule has 0 atom stereocenters. The number of hydrogen-bond acceptors (Lipinski definition) is 4. The molecule has 0 radical (unpaired) electrons. The molecule has 1 amide bonds. The smallest absolute Gasteiger partial charge is 0.322 e. The molecule has 4 aromatic rings. The SMILES string of the molecule is CCCSc1cc(-c2ccccc2-n2c(C)cc(C(=O)Nc3ccc(S(C)(=O)=O)cc3)c2C)cc(C(F)(F)F)c1. The molecule has 0 aliphatic heterocycles. The highest BCUT2D eigenvalue weighted by Gasteiger charge is 2.31. The lowest BCUT2D eigenvalue weighted by Crippen LogP contribution is -2.13. The van der Waals surface area contributed by atoms with Gasteiger partial charge >= 0.3 is 6.18 Å². The van der Waals surface area contributed by atoms with E-state index in [-0.39, 0.29) is 10.8 Å². The number of benzene rings is 3. The molecule has 0 aliphatic rings. The Morgan fingerprint density at radius 2 is 1.65 bits per heavy atom. The van der Waals surface area contributed by atoms with Crippen molar-refractivity contribution in [2.24, 2.45) is 0 Å². The number of thioether (sulfide) groups is 1. The quantitative estimate of drug-likeness (QED) is 0.213. The summed E-state index contributed by atoms with van der Waals surface area (Å²) in [6.45, 7) is 5.59. The summed E-state index contributed by atoms with van der Waals surface area (Å²) in [5, 5.41) is 2.79. The molecule has 0 spiro atoms. The summed E-state index contributed by atoms with van der Waals surface area (Å²) < 4.78 is 66.7. The number of carbonyl (C=O) groups excluding carboxylic acids is 1. The Balaban J connectivity index is 1.74. The maximum atomic E-state index is 13.8. The van der Waals surface area contributed by atoms with Gasteiger partial charge in [0.25, 0.3) is 5.91 Å². The molecule has 5 nitrogen and oxygen atoms in total. The number of nitrogens with zero attached hydrogens (tertiary/aromatic N) is 1. The molecule has 0 saturated carbocycles. The van der Waals surface area contributed by atoms with Gasteiger partial charge < -0.3 is 9.88 Å². The van der Waals surface area contributed by atoms with Gasteiger partial charge in [0.1, 0.15) is 0 Å². The molecule has 1 heterocycles. The van der Waals surface area contributed by atoms with E-state index in [9.17, 15) is 26.4 Å². The molecule has 0 fully saturated rings. The Morgan fingerprint density at radius 3 is 2.27 bits per heavy atom. The van der Waals surface area contributed by atoms with Gasteiger partial charge in [-0.25, -0.2) is 8.42 Å². The highest BCUT2D eigenvalue weighted by Crippen LogP contribution is 2.38. The van der Waals surface area contributed by atoms with Crippen LogP contribution in [0.1, 0.15) is 40.7 Å². The number of rotatable bonds is 8. The van der Waals surface area contributed by atoms with Gasteiger partial charge in [-0.2, -0.15) is 13.2 Å². The molecular formula is C30H29F3N2O3S2. The first-order chi connectivity index (χ1) is 18.8.